The van der Waals surface area contributed by atoms with Crippen LogP contribution in [0.4, 0.5) is 0 Å². The maximum Gasteiger partial charge on any atom is 0.199 e. The van der Waals surface area contributed by atoms with Gasteiger partial charge in [0.25, 0.3) is 0 Å². The first-order valence-electron chi connectivity index (χ1n) is 9.60. The molecule has 1 aliphatic rings. The van der Waals surface area contributed by atoms with Gasteiger partial charge in [0.2, 0.25) is 0 Å². The van der Waals surface area contributed by atoms with Crippen LogP contribution in [-0.4, -0.2) is 28.9 Å². The van der Waals surface area contributed by atoms with Crippen molar-refractivity contribution in [2.45, 2.75) is 32.6 Å². The fraction of sp³-hybridized carbons (Fsp3) is 0.304. The van der Waals surface area contributed by atoms with Crippen molar-refractivity contribution >= 4 is 0 Å². The van der Waals surface area contributed by atoms with Crippen LogP contribution in [0.3, 0.4) is 0 Å². The van der Waals surface area contributed by atoms with E-state index in [0.29, 0.717) is 24.3 Å². The minimum absolute atomic E-state index is 0.0197. The summed E-state index contributed by atoms with van der Waals surface area (Å²) >= 11 is 0. The van der Waals surface area contributed by atoms with Crippen molar-refractivity contribution in [1.82, 2.24) is 4.98 Å². The monoisotopic (exact) mass is 379 g/mol. The second-order valence-electron chi connectivity index (χ2n) is 7.23. The van der Waals surface area contributed by atoms with Gasteiger partial charge in [-0.15, -0.1) is 0 Å². The average Bonchev–Trinajstić information content (AvgIpc) is 3.00. The third kappa shape index (κ3) is 3.28. The number of aromatic hydroxyl groups is 2. The molecule has 28 heavy (non-hydrogen) atoms. The molecule has 0 fully saturated rings. The van der Waals surface area contributed by atoms with E-state index in [1.54, 1.807) is 7.11 Å². The van der Waals surface area contributed by atoms with E-state index in [9.17, 15) is 10.2 Å². The molecule has 0 aliphatic heterocycles. The molecule has 1 aromatic heterocycles. The van der Waals surface area contributed by atoms with Crippen LogP contribution in [0.2, 0.25) is 0 Å². The molecule has 3 aromatic rings. The third-order valence-electron chi connectivity index (χ3n) is 5.38. The number of hydrogen-bond acceptors (Lipinski definition) is 4. The number of aromatic amines is 1. The number of rotatable bonds is 6. The summed E-state index contributed by atoms with van der Waals surface area (Å²) in [6, 6.07) is 12.3. The van der Waals surface area contributed by atoms with Crippen LogP contribution < -0.4 is 9.47 Å². The Morgan fingerprint density at radius 1 is 0.893 bits per heavy atom. The molecule has 0 bridgehead atoms. The molecule has 5 heteroatoms. The standard InChI is InChI=1S/C23H25NO4/c1-14-5-7-15(8-6-14)4-3-13-28-19-12-11-18(27-2)16-9-10-17-21(20(16)19)23(26)24-22(17)25/h5-8,11-12,24-26H,3-4,9-10,13H2,1-2H3. The Hall–Kier alpha value is -3.08. The smallest absolute Gasteiger partial charge is 0.199 e. The van der Waals surface area contributed by atoms with Gasteiger partial charge in [0.1, 0.15) is 11.5 Å². The summed E-state index contributed by atoms with van der Waals surface area (Å²) < 4.78 is 11.6. The molecule has 4 rings (SSSR count). The van der Waals surface area contributed by atoms with Crippen LogP contribution in [-0.2, 0) is 19.3 Å². The molecule has 1 aliphatic carbocycles. The number of hydrogen-bond donors (Lipinski definition) is 3. The third-order valence-corrected chi connectivity index (χ3v) is 5.38. The molecule has 0 unspecified atom stereocenters. The first-order valence-corrected chi connectivity index (χ1v) is 9.60. The lowest BCUT2D eigenvalue weighted by Gasteiger charge is -2.22. The Kier molecular flexibility index (Phi) is 4.90. The highest BCUT2D eigenvalue weighted by Crippen LogP contribution is 2.50. The fourth-order valence-electron chi connectivity index (χ4n) is 3.93. The Morgan fingerprint density at radius 3 is 2.36 bits per heavy atom. The van der Waals surface area contributed by atoms with Gasteiger partial charge in [0.15, 0.2) is 11.8 Å². The highest BCUT2D eigenvalue weighted by molar-refractivity contribution is 5.85. The summed E-state index contributed by atoms with van der Waals surface area (Å²) in [7, 11) is 1.64. The van der Waals surface area contributed by atoms with Gasteiger partial charge in [-0.05, 0) is 50.3 Å². The highest BCUT2D eigenvalue weighted by Gasteiger charge is 2.29. The Labute approximate surface area is 164 Å². The maximum atomic E-state index is 10.3. The van der Waals surface area contributed by atoms with Crippen molar-refractivity contribution in [2.75, 3.05) is 13.7 Å². The summed E-state index contributed by atoms with van der Waals surface area (Å²) in [5.74, 6) is 1.46. The summed E-state index contributed by atoms with van der Waals surface area (Å²) in [4.78, 5) is 2.63. The molecular formula is C23H25NO4. The van der Waals surface area contributed by atoms with Crippen LogP contribution >= 0.6 is 0 Å². The van der Waals surface area contributed by atoms with E-state index in [2.05, 4.69) is 36.2 Å². The topological polar surface area (TPSA) is 74.7 Å². The molecule has 5 nitrogen and oxygen atoms in total. The highest BCUT2D eigenvalue weighted by atomic mass is 16.5. The van der Waals surface area contributed by atoms with Crippen molar-refractivity contribution in [2.24, 2.45) is 0 Å². The Balaban J connectivity index is 1.57. The van der Waals surface area contributed by atoms with Gasteiger partial charge in [-0.2, -0.15) is 0 Å². The number of benzene rings is 2. The van der Waals surface area contributed by atoms with E-state index in [0.717, 1.165) is 41.7 Å². The molecule has 0 saturated heterocycles. The molecule has 0 saturated carbocycles. The Bertz CT molecular complexity index is 989. The molecule has 0 atom stereocenters. The zero-order chi connectivity index (χ0) is 19.7. The molecule has 0 amide bonds. The first-order chi connectivity index (χ1) is 13.6. The zero-order valence-corrected chi connectivity index (χ0v) is 16.2. The van der Waals surface area contributed by atoms with E-state index in [4.69, 9.17) is 9.47 Å². The second-order valence-corrected chi connectivity index (χ2v) is 7.23. The maximum absolute atomic E-state index is 10.3. The molecule has 3 N–H and O–H groups in total. The molecule has 2 aromatic carbocycles. The average molecular weight is 379 g/mol. The van der Waals surface area contributed by atoms with Crippen LogP contribution in [0.5, 0.6) is 23.3 Å². The second kappa shape index (κ2) is 7.50. The summed E-state index contributed by atoms with van der Waals surface area (Å²) in [6.07, 6.45) is 3.19. The predicted molar refractivity (Wildman–Crippen MR) is 109 cm³/mol. The van der Waals surface area contributed by atoms with E-state index in [-0.39, 0.29) is 11.8 Å². The van der Waals surface area contributed by atoms with Crippen molar-refractivity contribution in [3.8, 4) is 34.4 Å². The van der Waals surface area contributed by atoms with Gasteiger partial charge in [-0.25, -0.2) is 0 Å². The molecule has 0 spiro atoms. The number of nitrogens with one attached hydrogen (secondary N) is 1. The van der Waals surface area contributed by atoms with Crippen LogP contribution in [0, 0.1) is 6.92 Å². The van der Waals surface area contributed by atoms with Crippen molar-refractivity contribution in [3.63, 3.8) is 0 Å². The Morgan fingerprint density at radius 2 is 1.61 bits per heavy atom. The quantitative estimate of drug-likeness (QED) is 0.551. The molecule has 1 heterocycles. The molecule has 146 valence electrons. The summed E-state index contributed by atoms with van der Waals surface area (Å²) in [6.45, 7) is 2.65. The number of ether oxygens (including phenoxy) is 2. The summed E-state index contributed by atoms with van der Waals surface area (Å²) in [5.41, 5.74) is 5.70. The summed E-state index contributed by atoms with van der Waals surface area (Å²) in [5, 5.41) is 20.4. The normalized spacial score (nSPS) is 12.4. The van der Waals surface area contributed by atoms with Crippen molar-refractivity contribution < 1.29 is 19.7 Å². The van der Waals surface area contributed by atoms with Crippen LogP contribution in [0.25, 0.3) is 11.1 Å². The molecule has 0 radical (unpaired) electrons. The van der Waals surface area contributed by atoms with Crippen molar-refractivity contribution in [3.05, 3.63) is 58.7 Å². The molecular weight excluding hydrogens is 354 g/mol. The zero-order valence-electron chi connectivity index (χ0n) is 16.2. The van der Waals surface area contributed by atoms with E-state index >= 15 is 0 Å². The number of methoxy groups -OCH3 is 1. The SMILES string of the molecule is COc1ccc(OCCCc2ccc(C)cc2)c2c1CCc1c(O)[nH]c(O)c1-2. The number of aryl methyl sites for hydroxylation is 2. The van der Waals surface area contributed by atoms with Crippen molar-refractivity contribution in [1.29, 1.82) is 0 Å². The van der Waals surface area contributed by atoms with E-state index < -0.39 is 0 Å². The lowest BCUT2D eigenvalue weighted by Crippen LogP contribution is -2.08. The van der Waals surface area contributed by atoms with Gasteiger partial charge >= 0.3 is 0 Å². The van der Waals surface area contributed by atoms with Gasteiger partial charge < -0.3 is 19.7 Å². The predicted octanol–water partition coefficient (Wildman–Crippen LogP) is 4.52. The lowest BCUT2D eigenvalue weighted by atomic mass is 9.86. The number of aromatic nitrogens is 1. The van der Waals surface area contributed by atoms with E-state index in [1.807, 2.05) is 12.1 Å². The number of H-pyrrole nitrogens is 1. The first kappa shape index (κ1) is 18.3. The number of fused-ring (bicyclic) bond motifs is 3. The minimum Gasteiger partial charge on any atom is -0.496 e. The van der Waals surface area contributed by atoms with Crippen LogP contribution in [0.1, 0.15) is 28.7 Å². The van der Waals surface area contributed by atoms with Gasteiger partial charge in [-0.1, -0.05) is 29.8 Å². The largest absolute Gasteiger partial charge is 0.496 e. The van der Waals surface area contributed by atoms with Gasteiger partial charge in [0, 0.05) is 16.7 Å². The minimum atomic E-state index is -0.0359. The van der Waals surface area contributed by atoms with Crippen LogP contribution in [0.15, 0.2) is 36.4 Å². The fourth-order valence-corrected chi connectivity index (χ4v) is 3.93. The lowest BCUT2D eigenvalue weighted by molar-refractivity contribution is 0.310. The van der Waals surface area contributed by atoms with Gasteiger partial charge in [-0.3, -0.25) is 4.98 Å². The van der Waals surface area contributed by atoms with Gasteiger partial charge in [0.05, 0.1) is 19.3 Å². The van der Waals surface area contributed by atoms with E-state index in [1.165, 1.54) is 11.1 Å².